The van der Waals surface area contributed by atoms with E-state index >= 15 is 0 Å². The molecular formula is C24H26N4O2S. The maximum absolute atomic E-state index is 13.5. The van der Waals surface area contributed by atoms with Crippen LogP contribution in [0.4, 0.5) is 11.4 Å². The van der Waals surface area contributed by atoms with Gasteiger partial charge in [0.2, 0.25) is 11.8 Å². The van der Waals surface area contributed by atoms with Gasteiger partial charge in [-0.25, -0.2) is 4.98 Å². The van der Waals surface area contributed by atoms with Crippen molar-refractivity contribution >= 4 is 35.0 Å². The molecule has 2 N–H and O–H groups in total. The highest BCUT2D eigenvalue weighted by Crippen LogP contribution is 2.38. The third kappa shape index (κ3) is 4.10. The van der Waals surface area contributed by atoms with Crippen molar-refractivity contribution in [2.24, 2.45) is 0 Å². The van der Waals surface area contributed by atoms with Crippen molar-refractivity contribution in [1.29, 1.82) is 0 Å². The number of carbonyl (C=O) groups excluding carboxylic acids is 2. The number of anilines is 2. The highest BCUT2D eigenvalue weighted by atomic mass is 32.2. The Morgan fingerprint density at radius 1 is 1.13 bits per heavy atom. The first kappa shape index (κ1) is 21.2. The van der Waals surface area contributed by atoms with Crippen LogP contribution in [0.5, 0.6) is 0 Å². The van der Waals surface area contributed by atoms with Crippen molar-refractivity contribution < 1.29 is 9.59 Å². The summed E-state index contributed by atoms with van der Waals surface area (Å²) in [6, 6.07) is 17.6. The third-order valence-electron chi connectivity index (χ3n) is 5.54. The molecule has 1 aliphatic heterocycles. The predicted octanol–water partition coefficient (Wildman–Crippen LogP) is 4.55. The second-order valence-electron chi connectivity index (χ2n) is 8.24. The van der Waals surface area contributed by atoms with Gasteiger partial charge in [0.25, 0.3) is 0 Å². The van der Waals surface area contributed by atoms with Gasteiger partial charge >= 0.3 is 0 Å². The van der Waals surface area contributed by atoms with E-state index in [9.17, 15) is 9.59 Å². The number of fused-ring (bicyclic) bond motifs is 1. The van der Waals surface area contributed by atoms with Crippen molar-refractivity contribution in [3.05, 3.63) is 71.5 Å². The van der Waals surface area contributed by atoms with Gasteiger partial charge in [-0.1, -0.05) is 54.2 Å². The molecule has 1 aromatic heterocycles. The summed E-state index contributed by atoms with van der Waals surface area (Å²) in [6.45, 7) is 7.38. The third-order valence-corrected chi connectivity index (χ3v) is 6.51. The molecular weight excluding hydrogens is 408 g/mol. The fourth-order valence-electron chi connectivity index (χ4n) is 3.73. The lowest BCUT2D eigenvalue weighted by atomic mass is 9.96. The molecule has 0 radical (unpaired) electrons. The van der Waals surface area contributed by atoms with Crippen LogP contribution in [0, 0.1) is 6.92 Å². The summed E-state index contributed by atoms with van der Waals surface area (Å²) < 4.78 is 0. The summed E-state index contributed by atoms with van der Waals surface area (Å²) in [5.41, 5.74) is 3.53. The number of para-hydroxylation sites is 2. The number of benzene rings is 2. The number of hydrogen-bond acceptors (Lipinski definition) is 4. The van der Waals surface area contributed by atoms with Gasteiger partial charge in [-0.05, 0) is 45.4 Å². The van der Waals surface area contributed by atoms with E-state index in [0.29, 0.717) is 16.5 Å². The molecule has 2 aromatic carbocycles. The van der Waals surface area contributed by atoms with E-state index in [4.69, 9.17) is 4.98 Å². The Bertz CT molecular complexity index is 1120. The molecule has 2 amide bonds. The highest BCUT2D eigenvalue weighted by Gasteiger charge is 2.44. The molecule has 6 nitrogen and oxygen atoms in total. The normalized spacial score (nSPS) is 15.9. The van der Waals surface area contributed by atoms with Gasteiger partial charge in [0.15, 0.2) is 5.16 Å². The van der Waals surface area contributed by atoms with Gasteiger partial charge in [0.05, 0.1) is 22.3 Å². The van der Waals surface area contributed by atoms with Crippen molar-refractivity contribution in [3.8, 4) is 0 Å². The minimum absolute atomic E-state index is 0.129. The summed E-state index contributed by atoms with van der Waals surface area (Å²) in [4.78, 5) is 35.8. The Morgan fingerprint density at radius 2 is 1.81 bits per heavy atom. The number of aromatic amines is 1. The van der Waals surface area contributed by atoms with E-state index in [2.05, 4.69) is 22.4 Å². The quantitative estimate of drug-likeness (QED) is 0.578. The molecule has 31 heavy (non-hydrogen) atoms. The maximum atomic E-state index is 13.5. The number of imidazole rings is 1. The second kappa shape index (κ2) is 8.23. The zero-order valence-corrected chi connectivity index (χ0v) is 18.9. The summed E-state index contributed by atoms with van der Waals surface area (Å²) in [7, 11) is 0. The Morgan fingerprint density at radius 3 is 2.55 bits per heavy atom. The number of rotatable bonds is 5. The Labute approximate surface area is 186 Å². The molecule has 0 spiro atoms. The number of aromatic nitrogens is 2. The monoisotopic (exact) mass is 434 g/mol. The summed E-state index contributed by atoms with van der Waals surface area (Å²) in [5.74, 6) is -0.327. The van der Waals surface area contributed by atoms with Crippen LogP contribution in [0.1, 0.15) is 37.7 Å². The zero-order chi connectivity index (χ0) is 22.2. The van der Waals surface area contributed by atoms with Crippen molar-refractivity contribution in [2.45, 2.75) is 50.1 Å². The van der Waals surface area contributed by atoms with Crippen LogP contribution in [-0.4, -0.2) is 32.6 Å². The standard InChI is InChI=1S/C24H26N4O2S/c1-15-19(14-17-10-6-5-7-11-17)27-23(25-15)31-16(2)21(29)28-20-13-9-8-12-18(20)26-22(30)24(28,3)4/h5-13,16H,14H2,1-4H3,(H,25,27)(H,26,30)/t16-/m1/s1. The van der Waals surface area contributed by atoms with E-state index < -0.39 is 10.8 Å². The van der Waals surface area contributed by atoms with Gasteiger partial charge in [-0.2, -0.15) is 0 Å². The summed E-state index contributed by atoms with van der Waals surface area (Å²) in [6.07, 6.45) is 0.735. The van der Waals surface area contributed by atoms with Crippen LogP contribution in [0.2, 0.25) is 0 Å². The Balaban J connectivity index is 1.55. The number of carbonyl (C=O) groups is 2. The van der Waals surface area contributed by atoms with Gasteiger partial charge in [0.1, 0.15) is 5.54 Å². The number of aryl methyl sites for hydroxylation is 1. The average molecular weight is 435 g/mol. The van der Waals surface area contributed by atoms with Crippen LogP contribution in [0.25, 0.3) is 0 Å². The molecule has 2 heterocycles. The van der Waals surface area contributed by atoms with E-state index in [0.717, 1.165) is 17.8 Å². The van der Waals surface area contributed by atoms with E-state index in [1.165, 1.54) is 17.3 Å². The number of thioether (sulfide) groups is 1. The SMILES string of the molecule is Cc1[nH]c(S[C@H](C)C(=O)N2c3ccccc3NC(=O)C2(C)C)nc1Cc1ccccc1. The topological polar surface area (TPSA) is 78.1 Å². The average Bonchev–Trinajstić information content (AvgIpc) is 3.07. The molecule has 0 unspecified atom stereocenters. The zero-order valence-electron chi connectivity index (χ0n) is 18.1. The molecule has 0 saturated heterocycles. The van der Waals surface area contributed by atoms with Crippen LogP contribution < -0.4 is 10.2 Å². The lowest BCUT2D eigenvalue weighted by Gasteiger charge is -2.42. The van der Waals surface area contributed by atoms with Crippen molar-refractivity contribution in [1.82, 2.24) is 9.97 Å². The van der Waals surface area contributed by atoms with Crippen molar-refractivity contribution in [3.63, 3.8) is 0 Å². The first-order valence-electron chi connectivity index (χ1n) is 10.3. The number of hydrogen-bond donors (Lipinski definition) is 2. The molecule has 3 aromatic rings. The van der Waals surface area contributed by atoms with E-state index in [1.807, 2.05) is 56.3 Å². The molecule has 160 valence electrons. The lowest BCUT2D eigenvalue weighted by Crippen LogP contribution is -2.60. The minimum Gasteiger partial charge on any atom is -0.337 e. The minimum atomic E-state index is -0.988. The molecule has 0 bridgehead atoms. The van der Waals surface area contributed by atoms with Gasteiger partial charge in [-0.3, -0.25) is 14.5 Å². The van der Waals surface area contributed by atoms with Gasteiger partial charge < -0.3 is 10.3 Å². The van der Waals surface area contributed by atoms with Crippen LogP contribution >= 0.6 is 11.8 Å². The van der Waals surface area contributed by atoms with E-state index in [1.54, 1.807) is 18.7 Å². The molecule has 0 fully saturated rings. The summed E-state index contributed by atoms with van der Waals surface area (Å²) >= 11 is 1.38. The Kier molecular flexibility index (Phi) is 5.62. The summed E-state index contributed by atoms with van der Waals surface area (Å²) in [5, 5.41) is 3.18. The van der Waals surface area contributed by atoms with Gasteiger partial charge in [-0.15, -0.1) is 0 Å². The molecule has 0 saturated carbocycles. The molecule has 1 atom stereocenters. The van der Waals surface area contributed by atoms with Crippen LogP contribution in [-0.2, 0) is 16.0 Å². The van der Waals surface area contributed by atoms with Gasteiger partial charge in [0, 0.05) is 12.1 Å². The fourth-order valence-corrected chi connectivity index (χ4v) is 4.65. The number of amides is 2. The Hall–Kier alpha value is -3.06. The fraction of sp³-hybridized carbons (Fsp3) is 0.292. The molecule has 7 heteroatoms. The molecule has 4 rings (SSSR count). The van der Waals surface area contributed by atoms with Crippen LogP contribution in [0.15, 0.2) is 59.8 Å². The first-order chi connectivity index (χ1) is 14.8. The van der Waals surface area contributed by atoms with E-state index in [-0.39, 0.29) is 11.8 Å². The van der Waals surface area contributed by atoms with Crippen LogP contribution in [0.3, 0.4) is 0 Å². The highest BCUT2D eigenvalue weighted by molar-refractivity contribution is 8.00. The number of H-pyrrole nitrogens is 1. The smallest absolute Gasteiger partial charge is 0.250 e. The van der Waals surface area contributed by atoms with Crippen molar-refractivity contribution in [2.75, 3.05) is 10.2 Å². The second-order valence-corrected chi connectivity index (χ2v) is 9.57. The largest absolute Gasteiger partial charge is 0.337 e. The number of nitrogens with one attached hydrogen (secondary N) is 2. The number of nitrogens with zero attached hydrogens (tertiary/aromatic N) is 2. The molecule has 1 aliphatic rings. The maximum Gasteiger partial charge on any atom is 0.250 e. The molecule has 0 aliphatic carbocycles. The first-order valence-corrected chi connectivity index (χ1v) is 11.2. The lowest BCUT2D eigenvalue weighted by molar-refractivity contribution is -0.126. The predicted molar refractivity (Wildman–Crippen MR) is 125 cm³/mol.